The van der Waals surface area contributed by atoms with E-state index in [0.717, 1.165) is 18.7 Å². The van der Waals surface area contributed by atoms with Crippen molar-refractivity contribution in [3.8, 4) is 5.75 Å². The van der Waals surface area contributed by atoms with Gasteiger partial charge in [0.2, 0.25) is 0 Å². The molecule has 3 rings (SSSR count). The van der Waals surface area contributed by atoms with E-state index in [0.29, 0.717) is 11.8 Å². The summed E-state index contributed by atoms with van der Waals surface area (Å²) < 4.78 is 0. The molecule has 0 amide bonds. The first-order chi connectivity index (χ1) is 8.34. The fourth-order valence-electron chi connectivity index (χ4n) is 3.05. The quantitative estimate of drug-likeness (QED) is 0.729. The van der Waals surface area contributed by atoms with Crippen molar-refractivity contribution in [1.82, 2.24) is 4.90 Å². The summed E-state index contributed by atoms with van der Waals surface area (Å²) in [7, 11) is 0. The Morgan fingerprint density at radius 1 is 1.18 bits per heavy atom. The van der Waals surface area contributed by atoms with Crippen molar-refractivity contribution in [3.05, 3.63) is 23.8 Å². The van der Waals surface area contributed by atoms with Crippen LogP contribution in [0.5, 0.6) is 5.75 Å². The van der Waals surface area contributed by atoms with Crippen LogP contribution in [0.4, 0.5) is 5.69 Å². The van der Waals surface area contributed by atoms with Crippen LogP contribution in [0.3, 0.4) is 0 Å². The van der Waals surface area contributed by atoms with Crippen LogP contribution >= 0.6 is 0 Å². The molecule has 3 heteroatoms. The Labute approximate surface area is 102 Å². The summed E-state index contributed by atoms with van der Waals surface area (Å²) in [6.07, 6.45) is 5.12. The molecule has 2 N–H and O–H groups in total. The Kier molecular flexibility index (Phi) is 2.93. The summed E-state index contributed by atoms with van der Waals surface area (Å²) in [4.78, 5) is 2.60. The Hall–Kier alpha value is -1.22. The molecule has 0 radical (unpaired) electrons. The zero-order chi connectivity index (χ0) is 11.7. The van der Waals surface area contributed by atoms with Crippen molar-refractivity contribution < 1.29 is 5.11 Å². The normalized spacial score (nSPS) is 25.1. The molecule has 0 aliphatic carbocycles. The van der Waals surface area contributed by atoms with E-state index in [9.17, 15) is 5.11 Å². The third-order valence-electron chi connectivity index (χ3n) is 4.01. The average molecular weight is 232 g/mol. The molecule has 17 heavy (non-hydrogen) atoms. The molecule has 2 heterocycles. The molecule has 0 bridgehead atoms. The highest BCUT2D eigenvalue weighted by atomic mass is 16.3. The van der Waals surface area contributed by atoms with Gasteiger partial charge in [-0.15, -0.1) is 0 Å². The van der Waals surface area contributed by atoms with Crippen LogP contribution in [0.15, 0.2) is 18.2 Å². The fourth-order valence-corrected chi connectivity index (χ4v) is 3.05. The number of benzene rings is 1. The van der Waals surface area contributed by atoms with Gasteiger partial charge >= 0.3 is 0 Å². The number of para-hydroxylation sites is 1. The van der Waals surface area contributed by atoms with Crippen molar-refractivity contribution in [2.45, 2.75) is 31.7 Å². The third-order valence-corrected chi connectivity index (χ3v) is 4.01. The van der Waals surface area contributed by atoms with E-state index in [-0.39, 0.29) is 0 Å². The summed E-state index contributed by atoms with van der Waals surface area (Å²) in [5, 5.41) is 13.2. The maximum Gasteiger partial charge on any atom is 0.138 e. The molecule has 1 aromatic rings. The summed E-state index contributed by atoms with van der Waals surface area (Å²) in [6.45, 7) is 3.44. The summed E-state index contributed by atoms with van der Waals surface area (Å²) in [5.74, 6) is 0.389. The van der Waals surface area contributed by atoms with Gasteiger partial charge in [-0.2, -0.15) is 0 Å². The van der Waals surface area contributed by atoms with Crippen molar-refractivity contribution in [3.63, 3.8) is 0 Å². The maximum absolute atomic E-state index is 9.78. The van der Waals surface area contributed by atoms with E-state index in [1.807, 2.05) is 6.07 Å². The summed E-state index contributed by atoms with van der Waals surface area (Å²) in [6, 6.07) is 6.42. The number of phenolic OH excluding ortho intramolecular Hbond substituents is 1. The summed E-state index contributed by atoms with van der Waals surface area (Å²) >= 11 is 0. The van der Waals surface area contributed by atoms with Gasteiger partial charge in [0.05, 0.1) is 5.69 Å². The molecule has 0 spiro atoms. The number of rotatable bonds is 1. The first kappa shape index (κ1) is 10.9. The first-order valence-corrected chi connectivity index (χ1v) is 6.63. The molecule has 92 valence electrons. The van der Waals surface area contributed by atoms with Crippen LogP contribution in [0.2, 0.25) is 0 Å². The third kappa shape index (κ3) is 2.12. The lowest BCUT2D eigenvalue weighted by Gasteiger charge is -2.38. The van der Waals surface area contributed by atoms with E-state index in [4.69, 9.17) is 0 Å². The molecular weight excluding hydrogens is 212 g/mol. The number of fused-ring (bicyclic) bond motifs is 1. The van der Waals surface area contributed by atoms with Gasteiger partial charge in [-0.05, 0) is 44.0 Å². The van der Waals surface area contributed by atoms with Gasteiger partial charge in [0.25, 0.3) is 0 Å². The monoisotopic (exact) mass is 232 g/mol. The predicted octanol–water partition coefficient (Wildman–Crippen LogP) is 2.21. The second-order valence-electron chi connectivity index (χ2n) is 5.15. The van der Waals surface area contributed by atoms with Crippen LogP contribution in [-0.2, 0) is 6.42 Å². The van der Waals surface area contributed by atoms with Crippen molar-refractivity contribution in [1.29, 1.82) is 0 Å². The predicted molar refractivity (Wildman–Crippen MR) is 69.5 cm³/mol. The molecule has 2 aliphatic rings. The topological polar surface area (TPSA) is 35.5 Å². The number of nitrogens with zero attached hydrogens (tertiary/aromatic N) is 1. The zero-order valence-corrected chi connectivity index (χ0v) is 10.2. The number of likely N-dealkylation sites (tertiary alicyclic amines) is 1. The van der Waals surface area contributed by atoms with Crippen molar-refractivity contribution in [2.24, 2.45) is 0 Å². The highest BCUT2D eigenvalue weighted by molar-refractivity contribution is 5.63. The van der Waals surface area contributed by atoms with E-state index < -0.39 is 0 Å². The standard InChI is InChI=1S/C14H20N2O/c17-13-6-4-5-11-9-12(10-15-14(11)13)16-7-2-1-3-8-16/h4-6,12,15,17H,1-3,7-10H2. The lowest BCUT2D eigenvalue weighted by molar-refractivity contribution is 0.166. The second-order valence-corrected chi connectivity index (χ2v) is 5.15. The highest BCUT2D eigenvalue weighted by Gasteiger charge is 2.26. The van der Waals surface area contributed by atoms with Gasteiger partial charge in [0.15, 0.2) is 0 Å². The fraction of sp³-hybridized carbons (Fsp3) is 0.571. The molecule has 2 aliphatic heterocycles. The number of aromatic hydroxyl groups is 1. The number of hydrogen-bond donors (Lipinski definition) is 2. The van der Waals surface area contributed by atoms with Crippen LogP contribution in [0.25, 0.3) is 0 Å². The van der Waals surface area contributed by atoms with Gasteiger partial charge in [0, 0.05) is 12.6 Å². The van der Waals surface area contributed by atoms with Crippen LogP contribution < -0.4 is 5.32 Å². The molecule has 3 nitrogen and oxygen atoms in total. The van der Waals surface area contributed by atoms with Gasteiger partial charge < -0.3 is 10.4 Å². The SMILES string of the molecule is Oc1cccc2c1NCC(N1CCCCC1)C2. The van der Waals surface area contributed by atoms with E-state index in [1.165, 1.54) is 37.9 Å². The molecule has 0 aromatic heterocycles. The Morgan fingerprint density at radius 3 is 2.82 bits per heavy atom. The minimum atomic E-state index is 0.389. The number of hydrogen-bond acceptors (Lipinski definition) is 3. The van der Waals surface area contributed by atoms with Crippen LogP contribution in [0, 0.1) is 0 Å². The molecule has 1 aromatic carbocycles. The van der Waals surface area contributed by atoms with Crippen LogP contribution in [-0.4, -0.2) is 35.7 Å². The molecule has 1 atom stereocenters. The van der Waals surface area contributed by atoms with E-state index in [2.05, 4.69) is 16.3 Å². The number of piperidine rings is 1. The average Bonchev–Trinajstić information content (AvgIpc) is 2.40. The molecular formula is C14H20N2O. The van der Waals surface area contributed by atoms with Crippen molar-refractivity contribution >= 4 is 5.69 Å². The van der Waals surface area contributed by atoms with Crippen molar-refractivity contribution in [2.75, 3.05) is 25.0 Å². The van der Waals surface area contributed by atoms with Gasteiger partial charge in [0.1, 0.15) is 5.75 Å². The van der Waals surface area contributed by atoms with Crippen LogP contribution in [0.1, 0.15) is 24.8 Å². The highest BCUT2D eigenvalue weighted by Crippen LogP contribution is 2.32. The Bertz CT molecular complexity index is 399. The van der Waals surface area contributed by atoms with E-state index in [1.54, 1.807) is 6.07 Å². The van der Waals surface area contributed by atoms with Gasteiger partial charge in [-0.1, -0.05) is 18.6 Å². The second kappa shape index (κ2) is 4.57. The molecule has 0 saturated carbocycles. The minimum Gasteiger partial charge on any atom is -0.506 e. The number of anilines is 1. The maximum atomic E-state index is 9.78. The Balaban J connectivity index is 1.76. The lowest BCUT2D eigenvalue weighted by Crippen LogP contribution is -2.46. The van der Waals surface area contributed by atoms with Gasteiger partial charge in [-0.3, -0.25) is 4.90 Å². The zero-order valence-electron chi connectivity index (χ0n) is 10.2. The molecule has 1 unspecified atom stereocenters. The molecule has 1 fully saturated rings. The van der Waals surface area contributed by atoms with Gasteiger partial charge in [-0.25, -0.2) is 0 Å². The lowest BCUT2D eigenvalue weighted by atomic mass is 9.96. The number of phenols is 1. The smallest absolute Gasteiger partial charge is 0.138 e. The summed E-state index contributed by atoms with van der Waals surface area (Å²) in [5.41, 5.74) is 2.20. The Morgan fingerprint density at radius 2 is 2.00 bits per heavy atom. The number of nitrogens with one attached hydrogen (secondary N) is 1. The molecule has 1 saturated heterocycles. The minimum absolute atomic E-state index is 0.389. The van der Waals surface area contributed by atoms with E-state index >= 15 is 0 Å². The first-order valence-electron chi connectivity index (χ1n) is 6.63. The largest absolute Gasteiger partial charge is 0.506 e.